The molecule has 0 saturated carbocycles. The molecule has 90 valence electrons. The lowest BCUT2D eigenvalue weighted by Crippen LogP contribution is -2.34. The Kier molecular flexibility index (Phi) is 5.26. The highest BCUT2D eigenvalue weighted by molar-refractivity contribution is 6.30. The lowest BCUT2D eigenvalue weighted by Gasteiger charge is -2.25. The van der Waals surface area contributed by atoms with E-state index < -0.39 is 0 Å². The minimum absolute atomic E-state index is 0.0292. The summed E-state index contributed by atoms with van der Waals surface area (Å²) in [5.74, 6) is 0. The van der Waals surface area contributed by atoms with Gasteiger partial charge in [-0.15, -0.1) is 0 Å². The Morgan fingerprint density at radius 1 is 1.44 bits per heavy atom. The largest absolute Gasteiger partial charge is 0.396 e. The average Bonchev–Trinajstić information content (AvgIpc) is 2.29. The van der Waals surface area contributed by atoms with Gasteiger partial charge < -0.3 is 10.4 Å². The normalized spacial score (nSPS) is 14.8. The maximum Gasteiger partial charge on any atom is 0.0496 e. The van der Waals surface area contributed by atoms with Crippen LogP contribution in [0.15, 0.2) is 24.3 Å². The summed E-state index contributed by atoms with van der Waals surface area (Å²) in [6.45, 7) is 5.99. The van der Waals surface area contributed by atoms with Crippen LogP contribution in [-0.4, -0.2) is 18.3 Å². The second-order valence-corrected chi connectivity index (χ2v) is 4.99. The van der Waals surface area contributed by atoms with E-state index in [9.17, 15) is 5.11 Å². The highest BCUT2D eigenvalue weighted by Gasteiger charge is 2.19. The van der Waals surface area contributed by atoms with E-state index in [-0.39, 0.29) is 12.0 Å². The third kappa shape index (κ3) is 4.12. The molecule has 0 radical (unpaired) electrons. The monoisotopic (exact) mass is 241 g/mol. The summed E-state index contributed by atoms with van der Waals surface area (Å²) in [6, 6.07) is 7.82. The molecule has 0 spiro atoms. The van der Waals surface area contributed by atoms with Crippen LogP contribution in [-0.2, 0) is 6.54 Å². The fraction of sp³-hybridized carbons (Fsp3) is 0.538. The molecule has 0 bridgehead atoms. The molecule has 0 saturated heterocycles. The lowest BCUT2D eigenvalue weighted by atomic mass is 9.88. The van der Waals surface area contributed by atoms with Crippen molar-refractivity contribution in [3.8, 4) is 0 Å². The molecule has 2 N–H and O–H groups in total. The van der Waals surface area contributed by atoms with E-state index in [1.165, 1.54) is 5.56 Å². The zero-order chi connectivity index (χ0) is 12.0. The second-order valence-electron chi connectivity index (χ2n) is 4.56. The minimum Gasteiger partial charge on any atom is -0.396 e. The number of aliphatic hydroxyl groups excluding tert-OH is 1. The van der Waals surface area contributed by atoms with Crippen molar-refractivity contribution in [2.24, 2.45) is 5.41 Å². The van der Waals surface area contributed by atoms with Crippen molar-refractivity contribution < 1.29 is 5.11 Å². The first-order chi connectivity index (χ1) is 7.59. The number of rotatable bonds is 6. The molecule has 0 fully saturated rings. The Morgan fingerprint density at radius 2 is 2.19 bits per heavy atom. The van der Waals surface area contributed by atoms with Crippen molar-refractivity contribution in [3.63, 3.8) is 0 Å². The molecule has 0 aliphatic rings. The zero-order valence-electron chi connectivity index (χ0n) is 9.96. The van der Waals surface area contributed by atoms with Crippen LogP contribution in [0, 0.1) is 5.41 Å². The van der Waals surface area contributed by atoms with Crippen LogP contribution in [0.5, 0.6) is 0 Å². The summed E-state index contributed by atoms with van der Waals surface area (Å²) in [5, 5.41) is 13.4. The van der Waals surface area contributed by atoms with E-state index in [4.69, 9.17) is 11.6 Å². The van der Waals surface area contributed by atoms with Crippen molar-refractivity contribution in [3.05, 3.63) is 34.9 Å². The van der Waals surface area contributed by atoms with Gasteiger partial charge in [0.25, 0.3) is 0 Å². The maximum atomic E-state index is 9.27. The second kappa shape index (κ2) is 6.24. The number of aliphatic hydroxyl groups is 1. The average molecular weight is 242 g/mol. The number of hydrogen-bond donors (Lipinski definition) is 2. The van der Waals surface area contributed by atoms with E-state index in [1.807, 2.05) is 24.3 Å². The zero-order valence-corrected chi connectivity index (χ0v) is 10.7. The molecule has 16 heavy (non-hydrogen) atoms. The molecule has 1 rings (SSSR count). The Bertz CT molecular complexity index is 323. The summed E-state index contributed by atoms with van der Waals surface area (Å²) >= 11 is 5.90. The van der Waals surface area contributed by atoms with Crippen LogP contribution in [0.2, 0.25) is 5.02 Å². The third-order valence-electron chi connectivity index (χ3n) is 3.01. The molecular weight excluding hydrogens is 222 g/mol. The van der Waals surface area contributed by atoms with Gasteiger partial charge in [-0.2, -0.15) is 0 Å². The number of halogens is 1. The van der Waals surface area contributed by atoms with E-state index in [1.54, 1.807) is 0 Å². The Labute approximate surface area is 103 Å². The van der Waals surface area contributed by atoms with Gasteiger partial charge in [0.15, 0.2) is 0 Å². The third-order valence-corrected chi connectivity index (χ3v) is 3.24. The van der Waals surface area contributed by atoms with Crippen LogP contribution in [0.1, 0.15) is 25.8 Å². The molecular formula is C13H20ClNO. The van der Waals surface area contributed by atoms with Gasteiger partial charge in [-0.1, -0.05) is 37.6 Å². The number of hydrogen-bond acceptors (Lipinski definition) is 2. The minimum atomic E-state index is -0.0292. The van der Waals surface area contributed by atoms with Gasteiger partial charge in [0.2, 0.25) is 0 Å². The maximum absolute atomic E-state index is 9.27. The standard InChI is InChI=1S/C13H20ClNO/c1-3-13(2,10-16)9-15-8-11-5-4-6-12(14)7-11/h4-7,15-16H,3,8-10H2,1-2H3. The van der Waals surface area contributed by atoms with E-state index in [2.05, 4.69) is 19.2 Å². The molecule has 0 aromatic heterocycles. The Hall–Kier alpha value is -0.570. The molecule has 3 heteroatoms. The van der Waals surface area contributed by atoms with Gasteiger partial charge in [-0.05, 0) is 24.1 Å². The summed E-state index contributed by atoms with van der Waals surface area (Å²) in [7, 11) is 0. The van der Waals surface area contributed by atoms with Crippen LogP contribution < -0.4 is 5.32 Å². The lowest BCUT2D eigenvalue weighted by molar-refractivity contribution is 0.135. The fourth-order valence-electron chi connectivity index (χ4n) is 1.45. The van der Waals surface area contributed by atoms with E-state index >= 15 is 0 Å². The van der Waals surface area contributed by atoms with Gasteiger partial charge in [0.05, 0.1) is 0 Å². The molecule has 2 nitrogen and oxygen atoms in total. The predicted octanol–water partition coefficient (Wildman–Crippen LogP) is 2.84. The van der Waals surface area contributed by atoms with Gasteiger partial charge in [0.1, 0.15) is 0 Å². The first kappa shape index (κ1) is 13.5. The molecule has 0 aliphatic heterocycles. The smallest absolute Gasteiger partial charge is 0.0496 e. The van der Waals surface area contributed by atoms with Crippen molar-refractivity contribution in [1.29, 1.82) is 0 Å². The van der Waals surface area contributed by atoms with Gasteiger partial charge in [0, 0.05) is 30.1 Å². The SMILES string of the molecule is CCC(C)(CO)CNCc1cccc(Cl)c1. The first-order valence-electron chi connectivity index (χ1n) is 5.66. The Morgan fingerprint density at radius 3 is 2.75 bits per heavy atom. The first-order valence-corrected chi connectivity index (χ1v) is 6.03. The van der Waals surface area contributed by atoms with Crippen molar-refractivity contribution in [2.75, 3.05) is 13.2 Å². The topological polar surface area (TPSA) is 32.3 Å². The highest BCUT2D eigenvalue weighted by atomic mass is 35.5. The Balaban J connectivity index is 2.41. The number of benzene rings is 1. The summed E-state index contributed by atoms with van der Waals surface area (Å²) in [6.07, 6.45) is 0.964. The van der Waals surface area contributed by atoms with Crippen LogP contribution >= 0.6 is 11.6 Å². The highest BCUT2D eigenvalue weighted by Crippen LogP contribution is 2.18. The van der Waals surface area contributed by atoms with Gasteiger partial charge in [-0.25, -0.2) is 0 Å². The van der Waals surface area contributed by atoms with E-state index in [0.29, 0.717) is 0 Å². The van der Waals surface area contributed by atoms with Crippen molar-refractivity contribution in [1.82, 2.24) is 5.32 Å². The van der Waals surface area contributed by atoms with Crippen molar-refractivity contribution in [2.45, 2.75) is 26.8 Å². The van der Waals surface area contributed by atoms with Crippen molar-refractivity contribution >= 4 is 11.6 Å². The summed E-state index contributed by atoms with van der Waals surface area (Å²) in [5.41, 5.74) is 1.14. The molecule has 1 unspecified atom stereocenters. The van der Waals surface area contributed by atoms with Crippen LogP contribution in [0.25, 0.3) is 0 Å². The quantitative estimate of drug-likeness (QED) is 0.803. The fourth-order valence-corrected chi connectivity index (χ4v) is 1.66. The molecule has 1 aromatic carbocycles. The molecule has 0 amide bonds. The molecule has 0 heterocycles. The number of nitrogens with one attached hydrogen (secondary N) is 1. The predicted molar refractivity (Wildman–Crippen MR) is 68.6 cm³/mol. The van der Waals surface area contributed by atoms with E-state index in [0.717, 1.165) is 24.5 Å². The summed E-state index contributed by atoms with van der Waals surface area (Å²) in [4.78, 5) is 0. The molecule has 1 aromatic rings. The van der Waals surface area contributed by atoms with Crippen LogP contribution in [0.3, 0.4) is 0 Å². The molecule has 0 aliphatic carbocycles. The van der Waals surface area contributed by atoms with Gasteiger partial charge >= 0.3 is 0 Å². The molecule has 1 atom stereocenters. The van der Waals surface area contributed by atoms with Gasteiger partial charge in [-0.3, -0.25) is 0 Å². The summed E-state index contributed by atoms with van der Waals surface area (Å²) < 4.78 is 0. The van der Waals surface area contributed by atoms with Crippen LogP contribution in [0.4, 0.5) is 0 Å².